The molecule has 0 aliphatic carbocycles. The highest BCUT2D eigenvalue weighted by atomic mass is 32.2. The van der Waals surface area contributed by atoms with E-state index in [0.29, 0.717) is 12.1 Å². The van der Waals surface area contributed by atoms with Crippen molar-refractivity contribution in [3.63, 3.8) is 0 Å². The number of aromatic amines is 1. The molecule has 2 aromatic carbocycles. The highest BCUT2D eigenvalue weighted by molar-refractivity contribution is 7.92. The summed E-state index contributed by atoms with van der Waals surface area (Å²) in [5, 5.41) is 8.60. The number of H-pyrrole nitrogens is 1. The Balaban J connectivity index is 1.78. The van der Waals surface area contributed by atoms with E-state index in [-0.39, 0.29) is 22.9 Å². The van der Waals surface area contributed by atoms with Crippen LogP contribution in [0.1, 0.15) is 6.92 Å². The second kappa shape index (κ2) is 9.13. The number of hydrogen-bond acceptors (Lipinski definition) is 6. The Morgan fingerprint density at radius 3 is 2.51 bits per heavy atom. The van der Waals surface area contributed by atoms with Gasteiger partial charge in [0.1, 0.15) is 22.3 Å². The smallest absolute Gasteiger partial charge is 0.265 e. The Morgan fingerprint density at radius 2 is 1.77 bits per heavy atom. The molecule has 4 aromatic rings. The van der Waals surface area contributed by atoms with Crippen molar-refractivity contribution in [3.8, 4) is 22.5 Å². The standard InChI is InChI=1S/C21H14F4N6O3S/c1-10(32)28-21-26-7-6-15(29-21)12-9-27-30-20(12)18-14(24)4-5-16(19(18)25)31-35(33,34)17-8-11(22)2-3-13(17)23/h2-9,31H,1H3,(H,27,30)(H,26,28,29,32). The molecule has 0 spiro atoms. The second-order valence-corrected chi connectivity index (χ2v) is 8.72. The molecule has 2 aromatic heterocycles. The van der Waals surface area contributed by atoms with Crippen LogP contribution in [0.2, 0.25) is 0 Å². The van der Waals surface area contributed by atoms with Crippen LogP contribution in [0.25, 0.3) is 22.5 Å². The van der Waals surface area contributed by atoms with Gasteiger partial charge in [0.15, 0.2) is 5.82 Å². The van der Waals surface area contributed by atoms with Crippen molar-refractivity contribution >= 4 is 27.6 Å². The van der Waals surface area contributed by atoms with Crippen LogP contribution >= 0.6 is 0 Å². The van der Waals surface area contributed by atoms with E-state index in [2.05, 4.69) is 25.5 Å². The van der Waals surface area contributed by atoms with Crippen LogP contribution in [0.3, 0.4) is 0 Å². The van der Waals surface area contributed by atoms with E-state index in [0.717, 1.165) is 18.2 Å². The van der Waals surface area contributed by atoms with E-state index in [1.165, 1.54) is 25.4 Å². The van der Waals surface area contributed by atoms with Crippen molar-refractivity contribution in [2.45, 2.75) is 11.8 Å². The van der Waals surface area contributed by atoms with Crippen molar-refractivity contribution in [2.24, 2.45) is 0 Å². The zero-order valence-corrected chi connectivity index (χ0v) is 18.4. The van der Waals surface area contributed by atoms with Crippen LogP contribution in [0, 0.1) is 23.3 Å². The minimum Gasteiger partial charge on any atom is -0.295 e. The first-order chi connectivity index (χ1) is 16.6. The van der Waals surface area contributed by atoms with Gasteiger partial charge in [-0.2, -0.15) is 5.10 Å². The number of aromatic nitrogens is 4. The van der Waals surface area contributed by atoms with Gasteiger partial charge in [-0.05, 0) is 36.4 Å². The van der Waals surface area contributed by atoms with Gasteiger partial charge in [0.05, 0.1) is 28.8 Å². The number of rotatable bonds is 6. The first kappa shape index (κ1) is 23.8. The highest BCUT2D eigenvalue weighted by Crippen LogP contribution is 2.36. The van der Waals surface area contributed by atoms with E-state index in [1.807, 2.05) is 0 Å². The van der Waals surface area contributed by atoms with E-state index in [1.54, 1.807) is 4.72 Å². The summed E-state index contributed by atoms with van der Waals surface area (Å²) in [5.74, 6) is -5.24. The van der Waals surface area contributed by atoms with E-state index in [9.17, 15) is 26.4 Å². The molecule has 2 heterocycles. The molecule has 3 N–H and O–H groups in total. The number of carbonyl (C=O) groups excluding carboxylic acids is 1. The van der Waals surface area contributed by atoms with Crippen molar-refractivity contribution in [1.29, 1.82) is 0 Å². The molecule has 35 heavy (non-hydrogen) atoms. The number of nitrogens with zero attached hydrogens (tertiary/aromatic N) is 3. The van der Waals surface area contributed by atoms with Gasteiger partial charge in [-0.3, -0.25) is 19.9 Å². The Hall–Kier alpha value is -4.33. The molecule has 0 saturated carbocycles. The van der Waals surface area contributed by atoms with Crippen molar-refractivity contribution in [3.05, 3.63) is 72.1 Å². The van der Waals surface area contributed by atoms with Gasteiger partial charge in [-0.25, -0.2) is 35.9 Å². The fourth-order valence-electron chi connectivity index (χ4n) is 3.14. The third kappa shape index (κ3) is 4.82. The summed E-state index contributed by atoms with van der Waals surface area (Å²) < 4.78 is 84.6. The van der Waals surface area contributed by atoms with E-state index < -0.39 is 55.3 Å². The second-order valence-electron chi connectivity index (χ2n) is 7.07. The lowest BCUT2D eigenvalue weighted by Crippen LogP contribution is -2.16. The number of sulfonamides is 1. The molecular formula is C21H14F4N6O3S. The van der Waals surface area contributed by atoms with Gasteiger partial charge in [0, 0.05) is 18.7 Å². The molecule has 1 amide bonds. The van der Waals surface area contributed by atoms with E-state index >= 15 is 4.39 Å². The SMILES string of the molecule is CC(=O)Nc1nccc(-c2cn[nH]c2-c2c(F)ccc(NS(=O)(=O)c3cc(F)ccc3F)c2F)n1. The monoisotopic (exact) mass is 506 g/mol. The van der Waals surface area contributed by atoms with E-state index in [4.69, 9.17) is 0 Å². The summed E-state index contributed by atoms with van der Waals surface area (Å²) in [7, 11) is -4.78. The first-order valence-electron chi connectivity index (χ1n) is 9.67. The van der Waals surface area contributed by atoms with Gasteiger partial charge in [0.25, 0.3) is 10.0 Å². The van der Waals surface area contributed by atoms with Gasteiger partial charge < -0.3 is 0 Å². The summed E-state index contributed by atoms with van der Waals surface area (Å²) in [4.78, 5) is 18.2. The van der Waals surface area contributed by atoms with Gasteiger partial charge in [-0.15, -0.1) is 0 Å². The lowest BCUT2D eigenvalue weighted by Gasteiger charge is -2.13. The molecule has 4 rings (SSSR count). The Bertz CT molecular complexity index is 1560. The largest absolute Gasteiger partial charge is 0.295 e. The number of amides is 1. The number of anilines is 2. The number of hydrogen-bond donors (Lipinski definition) is 3. The maximum absolute atomic E-state index is 15.4. The molecule has 0 aliphatic rings. The average Bonchev–Trinajstić information content (AvgIpc) is 3.26. The molecular weight excluding hydrogens is 492 g/mol. The molecule has 0 saturated heterocycles. The number of benzene rings is 2. The normalized spacial score (nSPS) is 11.3. The molecule has 0 bridgehead atoms. The third-order valence-electron chi connectivity index (χ3n) is 4.63. The molecule has 0 fully saturated rings. The fraction of sp³-hybridized carbons (Fsp3) is 0.0476. The predicted octanol–water partition coefficient (Wildman–Crippen LogP) is 3.85. The number of halogens is 4. The van der Waals surface area contributed by atoms with Crippen molar-refractivity contribution in [2.75, 3.05) is 10.0 Å². The molecule has 14 heteroatoms. The number of carbonyl (C=O) groups is 1. The number of nitrogens with one attached hydrogen (secondary N) is 3. The summed E-state index contributed by atoms with van der Waals surface area (Å²) >= 11 is 0. The van der Waals surface area contributed by atoms with Crippen LogP contribution in [0.5, 0.6) is 0 Å². The zero-order valence-electron chi connectivity index (χ0n) is 17.6. The maximum atomic E-state index is 15.4. The van der Waals surface area contributed by atoms with Gasteiger partial charge in [0.2, 0.25) is 11.9 Å². The highest BCUT2D eigenvalue weighted by Gasteiger charge is 2.26. The Labute approximate surface area is 195 Å². The van der Waals surface area contributed by atoms with Crippen LogP contribution in [-0.2, 0) is 14.8 Å². The third-order valence-corrected chi connectivity index (χ3v) is 6.01. The predicted molar refractivity (Wildman–Crippen MR) is 116 cm³/mol. The molecule has 180 valence electrons. The Morgan fingerprint density at radius 1 is 1.03 bits per heavy atom. The molecule has 9 nitrogen and oxygen atoms in total. The quantitative estimate of drug-likeness (QED) is 0.341. The fourth-order valence-corrected chi connectivity index (χ4v) is 4.29. The average molecular weight is 506 g/mol. The maximum Gasteiger partial charge on any atom is 0.265 e. The summed E-state index contributed by atoms with van der Waals surface area (Å²) in [6, 6.07) is 4.72. The molecule has 0 unspecified atom stereocenters. The topological polar surface area (TPSA) is 130 Å². The molecule has 0 aliphatic heterocycles. The summed E-state index contributed by atoms with van der Waals surface area (Å²) in [6.07, 6.45) is 2.52. The van der Waals surface area contributed by atoms with Gasteiger partial charge >= 0.3 is 0 Å². The lowest BCUT2D eigenvalue weighted by molar-refractivity contribution is -0.114. The van der Waals surface area contributed by atoms with Crippen LogP contribution in [-0.4, -0.2) is 34.5 Å². The molecule has 0 radical (unpaired) electrons. The minimum atomic E-state index is -4.78. The Kier molecular flexibility index (Phi) is 6.22. The van der Waals surface area contributed by atoms with Crippen LogP contribution < -0.4 is 10.0 Å². The van der Waals surface area contributed by atoms with Gasteiger partial charge in [-0.1, -0.05) is 0 Å². The van der Waals surface area contributed by atoms with Crippen molar-refractivity contribution in [1.82, 2.24) is 20.2 Å². The first-order valence-corrected chi connectivity index (χ1v) is 11.2. The van der Waals surface area contributed by atoms with Crippen LogP contribution in [0.4, 0.5) is 29.2 Å². The minimum absolute atomic E-state index is 0.0678. The zero-order chi connectivity index (χ0) is 25.3. The van der Waals surface area contributed by atoms with Crippen LogP contribution in [0.15, 0.2) is 53.7 Å². The van der Waals surface area contributed by atoms with Crippen molar-refractivity contribution < 1.29 is 30.8 Å². The molecule has 0 atom stereocenters. The lowest BCUT2D eigenvalue weighted by atomic mass is 10.0. The summed E-state index contributed by atoms with van der Waals surface area (Å²) in [6.45, 7) is 1.24. The summed E-state index contributed by atoms with van der Waals surface area (Å²) in [5.41, 5.74) is -1.39.